The maximum atomic E-state index is 11.0. The first-order chi connectivity index (χ1) is 7.63. The maximum Gasteiger partial charge on any atom is 0.396 e. The Bertz CT molecular complexity index is 388. The molecule has 0 aromatic heterocycles. The summed E-state index contributed by atoms with van der Waals surface area (Å²) >= 11 is 0. The lowest BCUT2D eigenvalue weighted by molar-refractivity contribution is -0.152. The van der Waals surface area contributed by atoms with Gasteiger partial charge in [0.05, 0.1) is 7.11 Å². The molecular weight excluding hydrogens is 206 g/mol. The number of esters is 1. The van der Waals surface area contributed by atoms with Crippen LogP contribution < -0.4 is 5.32 Å². The van der Waals surface area contributed by atoms with Gasteiger partial charge in [-0.05, 0) is 18.9 Å². The summed E-state index contributed by atoms with van der Waals surface area (Å²) in [5.74, 6) is -1.56. The first kappa shape index (κ1) is 12.2. The van der Waals surface area contributed by atoms with E-state index < -0.39 is 11.9 Å². The summed E-state index contributed by atoms with van der Waals surface area (Å²) < 4.78 is 4.28. The minimum absolute atomic E-state index is 0.428. The summed E-state index contributed by atoms with van der Waals surface area (Å²) in [6.07, 6.45) is 0.699. The number of amides is 1. The average molecular weight is 221 g/mol. The van der Waals surface area contributed by atoms with Crippen molar-refractivity contribution in [2.24, 2.45) is 0 Å². The highest BCUT2D eigenvalue weighted by molar-refractivity contribution is 6.32. The van der Waals surface area contributed by atoms with Gasteiger partial charge in [0, 0.05) is 6.54 Å². The molecule has 0 spiro atoms. The first-order valence-electron chi connectivity index (χ1n) is 5.05. The molecule has 4 nitrogen and oxygen atoms in total. The number of methoxy groups -OCH3 is 1. The fourth-order valence-corrected chi connectivity index (χ4v) is 1.35. The molecule has 0 aliphatic heterocycles. The fraction of sp³-hybridized carbons (Fsp3) is 0.333. The van der Waals surface area contributed by atoms with Crippen LogP contribution in [0.3, 0.4) is 0 Å². The quantitative estimate of drug-likeness (QED) is 0.607. The molecule has 0 radical (unpaired) electrons. The SMILES string of the molecule is COC(=O)C(=O)NCCc1cccc(C)c1. The Morgan fingerprint density at radius 3 is 2.75 bits per heavy atom. The molecular formula is C12H15NO3. The number of carbonyl (C=O) groups excluding carboxylic acids is 2. The van der Waals surface area contributed by atoms with Gasteiger partial charge in [0.15, 0.2) is 0 Å². The monoisotopic (exact) mass is 221 g/mol. The molecule has 0 aliphatic carbocycles. The second-order valence-electron chi connectivity index (χ2n) is 3.49. The number of benzene rings is 1. The number of hydrogen-bond donors (Lipinski definition) is 1. The zero-order valence-electron chi connectivity index (χ0n) is 9.45. The van der Waals surface area contributed by atoms with Crippen LogP contribution in [0.4, 0.5) is 0 Å². The summed E-state index contributed by atoms with van der Waals surface area (Å²) in [6, 6.07) is 8.00. The minimum atomic E-state index is -0.857. The van der Waals surface area contributed by atoms with Crippen LogP contribution in [0.1, 0.15) is 11.1 Å². The standard InChI is InChI=1S/C12H15NO3/c1-9-4-3-5-10(8-9)6-7-13-11(14)12(15)16-2/h3-5,8H,6-7H2,1-2H3,(H,13,14). The number of nitrogens with one attached hydrogen (secondary N) is 1. The summed E-state index contributed by atoms with van der Waals surface area (Å²) in [5.41, 5.74) is 2.31. The van der Waals surface area contributed by atoms with E-state index in [0.29, 0.717) is 13.0 Å². The predicted molar refractivity (Wildman–Crippen MR) is 59.9 cm³/mol. The van der Waals surface area contributed by atoms with E-state index in [-0.39, 0.29) is 0 Å². The average Bonchev–Trinajstić information content (AvgIpc) is 2.28. The lowest BCUT2D eigenvalue weighted by Gasteiger charge is -2.04. The van der Waals surface area contributed by atoms with Gasteiger partial charge in [0.1, 0.15) is 0 Å². The van der Waals surface area contributed by atoms with E-state index in [1.807, 2.05) is 31.2 Å². The van der Waals surface area contributed by atoms with Gasteiger partial charge >= 0.3 is 11.9 Å². The van der Waals surface area contributed by atoms with E-state index in [9.17, 15) is 9.59 Å². The van der Waals surface area contributed by atoms with Crippen LogP contribution in [-0.2, 0) is 20.7 Å². The highest BCUT2D eigenvalue weighted by atomic mass is 16.5. The van der Waals surface area contributed by atoms with E-state index in [1.54, 1.807) is 0 Å². The van der Waals surface area contributed by atoms with Crippen molar-refractivity contribution in [3.8, 4) is 0 Å². The van der Waals surface area contributed by atoms with E-state index in [1.165, 1.54) is 12.7 Å². The van der Waals surface area contributed by atoms with E-state index in [4.69, 9.17) is 0 Å². The molecule has 0 aliphatic rings. The molecule has 1 aromatic carbocycles. The lowest BCUT2D eigenvalue weighted by Crippen LogP contribution is -2.33. The van der Waals surface area contributed by atoms with Crippen molar-refractivity contribution in [2.45, 2.75) is 13.3 Å². The number of carbonyl (C=O) groups is 2. The van der Waals surface area contributed by atoms with Gasteiger partial charge in [-0.3, -0.25) is 4.79 Å². The third kappa shape index (κ3) is 3.73. The Morgan fingerprint density at radius 1 is 1.38 bits per heavy atom. The molecule has 86 valence electrons. The molecule has 16 heavy (non-hydrogen) atoms. The Labute approximate surface area is 94.6 Å². The van der Waals surface area contributed by atoms with Crippen LogP contribution in [0.5, 0.6) is 0 Å². The van der Waals surface area contributed by atoms with Crippen molar-refractivity contribution in [2.75, 3.05) is 13.7 Å². The summed E-state index contributed by atoms with van der Waals surface area (Å²) in [6.45, 7) is 2.44. The Kier molecular flexibility index (Phi) is 4.51. The van der Waals surface area contributed by atoms with Crippen molar-refractivity contribution in [3.63, 3.8) is 0 Å². The molecule has 0 unspecified atom stereocenters. The first-order valence-corrected chi connectivity index (χ1v) is 5.05. The lowest BCUT2D eigenvalue weighted by atomic mass is 10.1. The van der Waals surface area contributed by atoms with Gasteiger partial charge in [-0.15, -0.1) is 0 Å². The number of hydrogen-bond acceptors (Lipinski definition) is 3. The molecule has 1 amide bonds. The molecule has 4 heteroatoms. The minimum Gasteiger partial charge on any atom is -0.462 e. The smallest absolute Gasteiger partial charge is 0.396 e. The summed E-state index contributed by atoms with van der Waals surface area (Å²) in [5, 5.41) is 2.49. The molecule has 0 saturated carbocycles. The van der Waals surface area contributed by atoms with E-state index in [0.717, 1.165) is 5.56 Å². The van der Waals surface area contributed by atoms with Crippen molar-refractivity contribution < 1.29 is 14.3 Å². The van der Waals surface area contributed by atoms with Crippen molar-refractivity contribution in [1.82, 2.24) is 5.32 Å². The topological polar surface area (TPSA) is 55.4 Å². The normalized spacial score (nSPS) is 9.62. The Balaban J connectivity index is 2.36. The molecule has 0 heterocycles. The van der Waals surface area contributed by atoms with Gasteiger partial charge in [-0.1, -0.05) is 29.8 Å². The largest absolute Gasteiger partial charge is 0.462 e. The number of rotatable bonds is 3. The van der Waals surface area contributed by atoms with Crippen LogP contribution in [0.15, 0.2) is 24.3 Å². The third-order valence-corrected chi connectivity index (χ3v) is 2.15. The van der Waals surface area contributed by atoms with Crippen LogP contribution >= 0.6 is 0 Å². The fourth-order valence-electron chi connectivity index (χ4n) is 1.35. The number of aryl methyl sites for hydroxylation is 1. The van der Waals surface area contributed by atoms with E-state index in [2.05, 4.69) is 10.1 Å². The maximum absolute atomic E-state index is 11.0. The van der Waals surface area contributed by atoms with Crippen molar-refractivity contribution >= 4 is 11.9 Å². The summed E-state index contributed by atoms with van der Waals surface area (Å²) in [4.78, 5) is 21.8. The van der Waals surface area contributed by atoms with Gasteiger partial charge < -0.3 is 10.1 Å². The molecule has 0 fully saturated rings. The zero-order valence-corrected chi connectivity index (χ0v) is 9.45. The van der Waals surface area contributed by atoms with Gasteiger partial charge in [-0.2, -0.15) is 0 Å². The van der Waals surface area contributed by atoms with Crippen molar-refractivity contribution in [3.05, 3.63) is 35.4 Å². The van der Waals surface area contributed by atoms with Crippen LogP contribution in [0.2, 0.25) is 0 Å². The van der Waals surface area contributed by atoms with Crippen LogP contribution in [0.25, 0.3) is 0 Å². The van der Waals surface area contributed by atoms with E-state index >= 15 is 0 Å². The molecule has 1 N–H and O–H groups in total. The predicted octanol–water partition coefficient (Wildman–Crippen LogP) is 0.827. The van der Waals surface area contributed by atoms with Crippen LogP contribution in [-0.4, -0.2) is 25.5 Å². The molecule has 0 bridgehead atoms. The van der Waals surface area contributed by atoms with Gasteiger partial charge in [0.2, 0.25) is 0 Å². The molecule has 0 atom stereocenters. The van der Waals surface area contributed by atoms with Crippen LogP contribution in [0, 0.1) is 6.92 Å². The zero-order chi connectivity index (χ0) is 12.0. The Morgan fingerprint density at radius 2 is 2.12 bits per heavy atom. The number of ether oxygens (including phenoxy) is 1. The molecule has 1 rings (SSSR count). The van der Waals surface area contributed by atoms with Crippen molar-refractivity contribution in [1.29, 1.82) is 0 Å². The molecule has 1 aromatic rings. The van der Waals surface area contributed by atoms with Gasteiger partial charge in [-0.25, -0.2) is 4.79 Å². The highest BCUT2D eigenvalue weighted by Gasteiger charge is 2.11. The Hall–Kier alpha value is -1.84. The molecule has 0 saturated heterocycles. The van der Waals surface area contributed by atoms with Gasteiger partial charge in [0.25, 0.3) is 0 Å². The second kappa shape index (κ2) is 5.90. The summed E-state index contributed by atoms with van der Waals surface area (Å²) in [7, 11) is 1.18. The third-order valence-electron chi connectivity index (χ3n) is 2.15. The highest BCUT2D eigenvalue weighted by Crippen LogP contribution is 2.03. The second-order valence-corrected chi connectivity index (χ2v) is 3.49.